The molecular formula is C15H14NO3-. The summed E-state index contributed by atoms with van der Waals surface area (Å²) in [5.74, 6) is -0.353. The minimum absolute atomic E-state index is 0.171. The molecule has 2 aromatic rings. The number of benzene rings is 1. The lowest BCUT2D eigenvalue weighted by atomic mass is 10.1. The van der Waals surface area contributed by atoms with Crippen molar-refractivity contribution >= 4 is 5.97 Å². The van der Waals surface area contributed by atoms with Gasteiger partial charge in [-0.15, -0.1) is 0 Å². The maximum absolute atomic E-state index is 10.7. The molecule has 1 aromatic heterocycles. The van der Waals surface area contributed by atoms with Crippen LogP contribution in [0.5, 0.6) is 5.75 Å². The Balaban J connectivity index is 2.36. The van der Waals surface area contributed by atoms with E-state index in [0.717, 1.165) is 22.6 Å². The van der Waals surface area contributed by atoms with E-state index in [2.05, 4.69) is 4.98 Å². The van der Waals surface area contributed by atoms with E-state index < -0.39 is 5.97 Å². The number of carbonyl (C=O) groups excluding carboxylic acids is 1. The Bertz CT molecular complexity index is 591. The van der Waals surface area contributed by atoms with Crippen molar-refractivity contribution in [2.75, 3.05) is 7.11 Å². The van der Waals surface area contributed by atoms with Crippen molar-refractivity contribution in [3.8, 4) is 17.0 Å². The first-order chi connectivity index (χ1) is 9.10. The third-order valence-electron chi connectivity index (χ3n) is 2.90. The van der Waals surface area contributed by atoms with Crippen LogP contribution in [0.2, 0.25) is 0 Å². The average Bonchev–Trinajstić information content (AvgIpc) is 2.41. The molecular weight excluding hydrogens is 242 g/mol. The number of nitrogens with zero attached hydrogens (tertiary/aromatic N) is 1. The molecule has 0 unspecified atom stereocenters. The van der Waals surface area contributed by atoms with E-state index in [1.807, 2.05) is 43.3 Å². The van der Waals surface area contributed by atoms with Gasteiger partial charge in [0.2, 0.25) is 0 Å². The van der Waals surface area contributed by atoms with Gasteiger partial charge >= 0.3 is 0 Å². The predicted molar refractivity (Wildman–Crippen MR) is 69.7 cm³/mol. The molecule has 0 spiro atoms. The van der Waals surface area contributed by atoms with Crippen molar-refractivity contribution in [2.24, 2.45) is 0 Å². The van der Waals surface area contributed by atoms with Gasteiger partial charge in [-0.25, -0.2) is 0 Å². The van der Waals surface area contributed by atoms with Gasteiger partial charge in [-0.2, -0.15) is 0 Å². The normalized spacial score (nSPS) is 10.2. The second kappa shape index (κ2) is 5.52. The standard InChI is InChI=1S/C15H15NO3/c1-10-3-8-13(16-14(10)9-15(17)18)11-4-6-12(19-2)7-5-11/h3-8H,9H2,1-2H3,(H,17,18)/p-1. The van der Waals surface area contributed by atoms with Gasteiger partial charge in [-0.1, -0.05) is 6.07 Å². The molecule has 0 atom stereocenters. The number of carbonyl (C=O) groups is 1. The van der Waals surface area contributed by atoms with Crippen molar-refractivity contribution in [3.63, 3.8) is 0 Å². The third-order valence-corrected chi connectivity index (χ3v) is 2.90. The van der Waals surface area contributed by atoms with Gasteiger partial charge in [0.15, 0.2) is 0 Å². The van der Waals surface area contributed by atoms with Gasteiger partial charge in [-0.05, 0) is 42.8 Å². The summed E-state index contributed by atoms with van der Waals surface area (Å²) in [5.41, 5.74) is 3.04. The van der Waals surface area contributed by atoms with Crippen LogP contribution in [0.15, 0.2) is 36.4 Å². The van der Waals surface area contributed by atoms with Gasteiger partial charge in [0.05, 0.1) is 12.8 Å². The minimum atomic E-state index is -1.12. The van der Waals surface area contributed by atoms with E-state index in [4.69, 9.17) is 4.74 Å². The Morgan fingerprint density at radius 1 is 1.21 bits per heavy atom. The summed E-state index contributed by atoms with van der Waals surface area (Å²) in [4.78, 5) is 15.1. The molecule has 0 aliphatic heterocycles. The Hall–Kier alpha value is -2.36. The molecule has 1 heterocycles. The Morgan fingerprint density at radius 2 is 1.89 bits per heavy atom. The van der Waals surface area contributed by atoms with E-state index in [1.54, 1.807) is 7.11 Å². The number of carboxylic acids is 1. The molecule has 0 saturated carbocycles. The maximum Gasteiger partial charge on any atom is 0.118 e. The van der Waals surface area contributed by atoms with Crippen LogP contribution in [0.25, 0.3) is 11.3 Å². The Kier molecular flexibility index (Phi) is 3.80. The topological polar surface area (TPSA) is 62.2 Å². The van der Waals surface area contributed by atoms with Crippen molar-refractivity contribution < 1.29 is 14.6 Å². The molecule has 0 bridgehead atoms. The van der Waals surface area contributed by atoms with Gasteiger partial charge in [0.25, 0.3) is 0 Å². The van der Waals surface area contributed by atoms with E-state index in [-0.39, 0.29) is 6.42 Å². The van der Waals surface area contributed by atoms with E-state index in [0.29, 0.717) is 5.69 Å². The van der Waals surface area contributed by atoms with Crippen molar-refractivity contribution in [1.29, 1.82) is 0 Å². The third kappa shape index (κ3) is 3.10. The van der Waals surface area contributed by atoms with E-state index in [1.165, 1.54) is 0 Å². The highest BCUT2D eigenvalue weighted by Gasteiger charge is 2.05. The van der Waals surface area contributed by atoms with Crippen LogP contribution in [0.4, 0.5) is 0 Å². The zero-order valence-electron chi connectivity index (χ0n) is 10.8. The molecule has 0 fully saturated rings. The summed E-state index contributed by atoms with van der Waals surface area (Å²) in [7, 11) is 1.61. The fraction of sp³-hybridized carbons (Fsp3) is 0.200. The van der Waals surface area contributed by atoms with E-state index >= 15 is 0 Å². The first-order valence-electron chi connectivity index (χ1n) is 5.91. The monoisotopic (exact) mass is 256 g/mol. The summed E-state index contributed by atoms with van der Waals surface area (Å²) < 4.78 is 5.09. The van der Waals surface area contributed by atoms with Crippen molar-refractivity contribution in [3.05, 3.63) is 47.7 Å². The second-order valence-electron chi connectivity index (χ2n) is 4.24. The first kappa shape index (κ1) is 13.1. The highest BCUT2D eigenvalue weighted by Crippen LogP contribution is 2.22. The highest BCUT2D eigenvalue weighted by molar-refractivity contribution is 5.69. The fourth-order valence-corrected chi connectivity index (χ4v) is 1.81. The molecule has 2 rings (SSSR count). The molecule has 4 nitrogen and oxygen atoms in total. The number of hydrogen-bond donors (Lipinski definition) is 0. The molecule has 0 amide bonds. The molecule has 0 radical (unpaired) electrons. The number of aryl methyl sites for hydroxylation is 1. The van der Waals surface area contributed by atoms with Gasteiger partial charge in [0, 0.05) is 23.6 Å². The zero-order valence-corrected chi connectivity index (χ0v) is 10.8. The van der Waals surface area contributed by atoms with Crippen LogP contribution in [0.1, 0.15) is 11.3 Å². The van der Waals surface area contributed by atoms with Crippen LogP contribution < -0.4 is 9.84 Å². The van der Waals surface area contributed by atoms with Crippen LogP contribution in [0.3, 0.4) is 0 Å². The average molecular weight is 256 g/mol. The van der Waals surface area contributed by atoms with Crippen molar-refractivity contribution in [2.45, 2.75) is 13.3 Å². The molecule has 19 heavy (non-hydrogen) atoms. The van der Waals surface area contributed by atoms with Crippen molar-refractivity contribution in [1.82, 2.24) is 4.98 Å². The van der Waals surface area contributed by atoms with Crippen LogP contribution >= 0.6 is 0 Å². The molecule has 0 aliphatic carbocycles. The van der Waals surface area contributed by atoms with Gasteiger partial charge in [-0.3, -0.25) is 4.98 Å². The number of ether oxygens (including phenoxy) is 1. The molecule has 0 aliphatic rings. The molecule has 1 aromatic carbocycles. The largest absolute Gasteiger partial charge is 0.550 e. The lowest BCUT2D eigenvalue weighted by molar-refractivity contribution is -0.304. The molecule has 0 saturated heterocycles. The van der Waals surface area contributed by atoms with Gasteiger partial charge < -0.3 is 14.6 Å². The molecule has 0 N–H and O–H groups in total. The SMILES string of the molecule is COc1ccc(-c2ccc(C)c(CC(=O)[O-])n2)cc1. The quantitative estimate of drug-likeness (QED) is 0.828. The summed E-state index contributed by atoms with van der Waals surface area (Å²) in [6, 6.07) is 11.2. The predicted octanol–water partition coefficient (Wildman–Crippen LogP) is 1.36. The van der Waals surface area contributed by atoms with Gasteiger partial charge in [0.1, 0.15) is 5.75 Å². The van der Waals surface area contributed by atoms with Crippen LogP contribution in [-0.4, -0.2) is 18.1 Å². The number of rotatable bonds is 4. The lowest BCUT2D eigenvalue weighted by Gasteiger charge is -2.09. The van der Waals surface area contributed by atoms with Crippen LogP contribution in [-0.2, 0) is 11.2 Å². The molecule has 4 heteroatoms. The summed E-state index contributed by atoms with van der Waals surface area (Å²) in [6.07, 6.45) is -0.171. The second-order valence-corrected chi connectivity index (χ2v) is 4.24. The number of pyridine rings is 1. The lowest BCUT2D eigenvalue weighted by Crippen LogP contribution is -2.25. The number of carboxylic acid groups (broad SMARTS) is 1. The summed E-state index contributed by atoms with van der Waals surface area (Å²) in [6.45, 7) is 1.84. The Morgan fingerprint density at radius 3 is 2.47 bits per heavy atom. The number of aliphatic carboxylic acids is 1. The minimum Gasteiger partial charge on any atom is -0.550 e. The van der Waals surface area contributed by atoms with E-state index in [9.17, 15) is 9.90 Å². The zero-order chi connectivity index (χ0) is 13.8. The number of aromatic nitrogens is 1. The number of hydrogen-bond acceptors (Lipinski definition) is 4. The summed E-state index contributed by atoms with van der Waals surface area (Å²) in [5, 5.41) is 10.7. The highest BCUT2D eigenvalue weighted by atomic mass is 16.5. The smallest absolute Gasteiger partial charge is 0.118 e. The number of methoxy groups -OCH3 is 1. The maximum atomic E-state index is 10.7. The molecule has 98 valence electrons. The van der Waals surface area contributed by atoms with Crippen LogP contribution in [0, 0.1) is 6.92 Å². The summed E-state index contributed by atoms with van der Waals surface area (Å²) >= 11 is 0. The first-order valence-corrected chi connectivity index (χ1v) is 5.91. The fourth-order valence-electron chi connectivity index (χ4n) is 1.81. The Labute approximate surface area is 111 Å².